The molecular formula is C13H22O2. The van der Waals surface area contributed by atoms with E-state index in [1.54, 1.807) is 0 Å². The van der Waals surface area contributed by atoms with Gasteiger partial charge < -0.3 is 4.74 Å². The lowest BCUT2D eigenvalue weighted by Gasteiger charge is -2.36. The summed E-state index contributed by atoms with van der Waals surface area (Å²) in [5.41, 5.74) is 0.549. The van der Waals surface area contributed by atoms with Gasteiger partial charge in [-0.15, -0.1) is 0 Å². The molecule has 1 aliphatic rings. The Hall–Kier alpha value is -0.790. The molecule has 1 aliphatic carbocycles. The molecule has 86 valence electrons. The van der Waals surface area contributed by atoms with Crippen molar-refractivity contribution < 1.29 is 9.53 Å². The zero-order chi connectivity index (χ0) is 11.3. The molecule has 0 bridgehead atoms. The average Bonchev–Trinajstić information content (AvgIpc) is 2.29. The highest BCUT2D eigenvalue weighted by molar-refractivity contribution is 5.87. The third kappa shape index (κ3) is 3.08. The Morgan fingerprint density at radius 1 is 1.33 bits per heavy atom. The third-order valence-corrected chi connectivity index (χ3v) is 3.47. The van der Waals surface area contributed by atoms with E-state index in [0.717, 1.165) is 19.3 Å². The summed E-state index contributed by atoms with van der Waals surface area (Å²) < 4.78 is 5.67. The lowest BCUT2D eigenvalue weighted by Crippen LogP contribution is -2.36. The fourth-order valence-electron chi connectivity index (χ4n) is 2.12. The predicted molar refractivity (Wildman–Crippen MR) is 61.6 cm³/mol. The van der Waals surface area contributed by atoms with E-state index in [1.807, 2.05) is 19.9 Å². The largest absolute Gasteiger partial charge is 0.456 e. The quantitative estimate of drug-likeness (QED) is 0.525. The minimum atomic E-state index is -0.167. The first-order valence-corrected chi connectivity index (χ1v) is 6.00. The van der Waals surface area contributed by atoms with Gasteiger partial charge in [-0.05, 0) is 46.0 Å². The van der Waals surface area contributed by atoms with Crippen molar-refractivity contribution in [3.05, 3.63) is 11.6 Å². The van der Waals surface area contributed by atoms with Crippen LogP contribution in [0.1, 0.15) is 59.3 Å². The molecule has 0 heterocycles. The first-order valence-electron chi connectivity index (χ1n) is 6.00. The minimum Gasteiger partial charge on any atom is -0.456 e. The molecule has 2 heteroatoms. The van der Waals surface area contributed by atoms with Crippen LogP contribution in [0.15, 0.2) is 11.6 Å². The van der Waals surface area contributed by atoms with Crippen LogP contribution in [0.4, 0.5) is 0 Å². The summed E-state index contributed by atoms with van der Waals surface area (Å²) >= 11 is 0. The molecule has 0 aromatic heterocycles. The van der Waals surface area contributed by atoms with Gasteiger partial charge in [-0.25, -0.2) is 4.79 Å². The summed E-state index contributed by atoms with van der Waals surface area (Å²) in [5.74, 6) is -0.138. The van der Waals surface area contributed by atoms with E-state index in [-0.39, 0.29) is 11.6 Å². The fraction of sp³-hybridized carbons (Fsp3) is 0.769. The highest BCUT2D eigenvalue weighted by atomic mass is 16.6. The van der Waals surface area contributed by atoms with E-state index in [4.69, 9.17) is 4.74 Å². The van der Waals surface area contributed by atoms with Crippen LogP contribution >= 0.6 is 0 Å². The van der Waals surface area contributed by atoms with Crippen molar-refractivity contribution in [1.29, 1.82) is 0 Å². The van der Waals surface area contributed by atoms with Crippen molar-refractivity contribution in [3.8, 4) is 0 Å². The monoisotopic (exact) mass is 210 g/mol. The molecule has 1 fully saturated rings. The maximum atomic E-state index is 11.7. The number of hydrogen-bond acceptors (Lipinski definition) is 2. The van der Waals surface area contributed by atoms with Crippen LogP contribution in [0.5, 0.6) is 0 Å². The van der Waals surface area contributed by atoms with E-state index < -0.39 is 0 Å². The fourth-order valence-corrected chi connectivity index (χ4v) is 2.12. The molecule has 0 saturated heterocycles. The number of carbonyl (C=O) groups excluding carboxylic acids is 1. The highest BCUT2D eigenvalue weighted by Gasteiger charge is 2.34. The SMILES string of the molecule is C/C=C(/C)C(=O)OC1(CC)CCCCC1. The molecule has 15 heavy (non-hydrogen) atoms. The number of carbonyl (C=O) groups is 1. The first kappa shape index (κ1) is 12.3. The smallest absolute Gasteiger partial charge is 0.333 e. The molecule has 0 amide bonds. The van der Waals surface area contributed by atoms with Gasteiger partial charge in [-0.3, -0.25) is 0 Å². The normalized spacial score (nSPS) is 21.1. The zero-order valence-electron chi connectivity index (χ0n) is 10.1. The molecule has 0 atom stereocenters. The summed E-state index contributed by atoms with van der Waals surface area (Å²) in [5, 5.41) is 0. The number of ether oxygens (including phenoxy) is 1. The van der Waals surface area contributed by atoms with Crippen molar-refractivity contribution >= 4 is 5.97 Å². The second-order valence-electron chi connectivity index (χ2n) is 4.46. The van der Waals surface area contributed by atoms with Gasteiger partial charge in [0.1, 0.15) is 5.60 Å². The standard InChI is InChI=1S/C13H22O2/c1-4-11(3)12(14)15-13(5-2)9-7-6-8-10-13/h4H,5-10H2,1-3H3/b11-4-. The van der Waals surface area contributed by atoms with Gasteiger partial charge in [0.05, 0.1) is 0 Å². The molecule has 2 nitrogen and oxygen atoms in total. The third-order valence-electron chi connectivity index (χ3n) is 3.47. The van der Waals surface area contributed by atoms with Gasteiger partial charge in [0.15, 0.2) is 0 Å². The van der Waals surface area contributed by atoms with Gasteiger partial charge in [-0.2, -0.15) is 0 Å². The topological polar surface area (TPSA) is 26.3 Å². The molecular weight excluding hydrogens is 188 g/mol. The first-order chi connectivity index (χ1) is 7.13. The van der Waals surface area contributed by atoms with Crippen molar-refractivity contribution in [2.24, 2.45) is 0 Å². The van der Waals surface area contributed by atoms with Crippen LogP contribution in [0.3, 0.4) is 0 Å². The summed E-state index contributed by atoms with van der Waals surface area (Å²) in [6.45, 7) is 5.80. The molecule has 0 N–H and O–H groups in total. The van der Waals surface area contributed by atoms with Crippen molar-refractivity contribution in [2.45, 2.75) is 64.9 Å². The number of allylic oxidation sites excluding steroid dienone is 1. The molecule has 0 unspecified atom stereocenters. The van der Waals surface area contributed by atoms with Crippen LogP contribution in [0.25, 0.3) is 0 Å². The Kier molecular flexibility index (Phi) is 4.37. The molecule has 0 radical (unpaired) electrons. The maximum absolute atomic E-state index is 11.7. The van der Waals surface area contributed by atoms with E-state index in [2.05, 4.69) is 6.92 Å². The van der Waals surface area contributed by atoms with Gasteiger partial charge in [0.2, 0.25) is 0 Å². The lowest BCUT2D eigenvalue weighted by molar-refractivity contribution is -0.158. The summed E-state index contributed by atoms with van der Waals surface area (Å²) in [7, 11) is 0. The number of esters is 1. The predicted octanol–water partition coefficient (Wildman–Crippen LogP) is 3.61. The van der Waals surface area contributed by atoms with E-state index in [9.17, 15) is 4.79 Å². The van der Waals surface area contributed by atoms with Crippen LogP contribution in [0, 0.1) is 0 Å². The van der Waals surface area contributed by atoms with E-state index in [0.29, 0.717) is 5.57 Å². The Morgan fingerprint density at radius 2 is 1.93 bits per heavy atom. The lowest BCUT2D eigenvalue weighted by atomic mass is 9.82. The molecule has 0 aromatic carbocycles. The summed E-state index contributed by atoms with van der Waals surface area (Å²) in [6.07, 6.45) is 8.48. The van der Waals surface area contributed by atoms with Crippen molar-refractivity contribution in [3.63, 3.8) is 0 Å². The number of rotatable bonds is 3. The van der Waals surface area contributed by atoms with Crippen LogP contribution < -0.4 is 0 Å². The second kappa shape index (κ2) is 5.34. The Morgan fingerprint density at radius 3 is 2.40 bits per heavy atom. The molecule has 1 saturated carbocycles. The number of hydrogen-bond donors (Lipinski definition) is 0. The van der Waals surface area contributed by atoms with Crippen LogP contribution in [-0.2, 0) is 9.53 Å². The molecule has 0 aromatic rings. The zero-order valence-corrected chi connectivity index (χ0v) is 10.1. The second-order valence-corrected chi connectivity index (χ2v) is 4.46. The average molecular weight is 210 g/mol. The van der Waals surface area contributed by atoms with E-state index in [1.165, 1.54) is 19.3 Å². The Balaban J connectivity index is 2.63. The molecule has 0 aliphatic heterocycles. The van der Waals surface area contributed by atoms with Crippen LogP contribution in [0.2, 0.25) is 0 Å². The van der Waals surface area contributed by atoms with Crippen molar-refractivity contribution in [1.82, 2.24) is 0 Å². The van der Waals surface area contributed by atoms with Gasteiger partial charge in [0.25, 0.3) is 0 Å². The Labute approximate surface area is 92.7 Å². The Bertz CT molecular complexity index is 247. The van der Waals surface area contributed by atoms with Crippen molar-refractivity contribution in [2.75, 3.05) is 0 Å². The van der Waals surface area contributed by atoms with Gasteiger partial charge in [-0.1, -0.05) is 19.4 Å². The van der Waals surface area contributed by atoms with Gasteiger partial charge >= 0.3 is 5.97 Å². The van der Waals surface area contributed by atoms with Gasteiger partial charge in [0, 0.05) is 5.57 Å². The highest BCUT2D eigenvalue weighted by Crippen LogP contribution is 2.34. The minimum absolute atomic E-state index is 0.138. The molecule has 0 spiro atoms. The summed E-state index contributed by atoms with van der Waals surface area (Å²) in [6, 6.07) is 0. The van der Waals surface area contributed by atoms with E-state index >= 15 is 0 Å². The van der Waals surface area contributed by atoms with Crippen LogP contribution in [-0.4, -0.2) is 11.6 Å². The maximum Gasteiger partial charge on any atom is 0.333 e. The summed E-state index contributed by atoms with van der Waals surface area (Å²) in [4.78, 5) is 11.7. The molecule has 1 rings (SSSR count).